The summed E-state index contributed by atoms with van der Waals surface area (Å²) in [6, 6.07) is 6.60. The molecule has 0 N–H and O–H groups in total. The standard InChI is InChI=1S/C15H19O/c1-2-3-4-5-7-13-9-10-14-8-6-11-16-15(14)12-13/h6,9-12H,1-5,7-8H2. The molecule has 1 aliphatic heterocycles. The van der Waals surface area contributed by atoms with Gasteiger partial charge in [0.25, 0.3) is 0 Å². The van der Waals surface area contributed by atoms with Crippen LogP contribution in [0, 0.1) is 6.92 Å². The lowest BCUT2D eigenvalue weighted by Gasteiger charge is -2.13. The lowest BCUT2D eigenvalue weighted by Crippen LogP contribution is -1.97. The molecule has 0 aliphatic carbocycles. The highest BCUT2D eigenvalue weighted by Gasteiger charge is 2.06. The average Bonchev–Trinajstić information content (AvgIpc) is 2.34. The van der Waals surface area contributed by atoms with Gasteiger partial charge in [-0.1, -0.05) is 38.3 Å². The molecule has 16 heavy (non-hydrogen) atoms. The van der Waals surface area contributed by atoms with Gasteiger partial charge in [-0.25, -0.2) is 0 Å². The Hall–Kier alpha value is -1.24. The van der Waals surface area contributed by atoms with Crippen molar-refractivity contribution >= 4 is 0 Å². The summed E-state index contributed by atoms with van der Waals surface area (Å²) in [5, 5.41) is 0. The molecular formula is C15H19O. The van der Waals surface area contributed by atoms with Crippen molar-refractivity contribution in [1.82, 2.24) is 0 Å². The molecule has 0 fully saturated rings. The molecule has 0 unspecified atom stereocenters. The zero-order valence-electron chi connectivity index (χ0n) is 9.74. The number of hydrogen-bond donors (Lipinski definition) is 0. The summed E-state index contributed by atoms with van der Waals surface area (Å²) in [6.45, 7) is 3.86. The summed E-state index contributed by atoms with van der Waals surface area (Å²) in [7, 11) is 0. The summed E-state index contributed by atoms with van der Waals surface area (Å²) in [4.78, 5) is 0. The van der Waals surface area contributed by atoms with Crippen molar-refractivity contribution in [2.45, 2.75) is 38.5 Å². The zero-order valence-corrected chi connectivity index (χ0v) is 9.74. The summed E-state index contributed by atoms with van der Waals surface area (Å²) >= 11 is 0. The van der Waals surface area contributed by atoms with Crippen LogP contribution in [-0.4, -0.2) is 0 Å². The van der Waals surface area contributed by atoms with Crippen molar-refractivity contribution in [1.29, 1.82) is 0 Å². The number of allylic oxidation sites excluding steroid dienone is 1. The third kappa shape index (κ3) is 2.88. The third-order valence-electron chi connectivity index (χ3n) is 2.98. The van der Waals surface area contributed by atoms with Crippen LogP contribution in [0.3, 0.4) is 0 Å². The summed E-state index contributed by atoms with van der Waals surface area (Å²) in [5.74, 6) is 1.04. The van der Waals surface area contributed by atoms with E-state index in [9.17, 15) is 0 Å². The Morgan fingerprint density at radius 2 is 2.12 bits per heavy atom. The van der Waals surface area contributed by atoms with Gasteiger partial charge in [0.2, 0.25) is 0 Å². The molecule has 2 rings (SSSR count). The van der Waals surface area contributed by atoms with Gasteiger partial charge in [0.1, 0.15) is 5.75 Å². The molecule has 0 bridgehead atoms. The van der Waals surface area contributed by atoms with Gasteiger partial charge in [0.15, 0.2) is 0 Å². The number of rotatable bonds is 5. The molecule has 0 atom stereocenters. The average molecular weight is 215 g/mol. The van der Waals surface area contributed by atoms with E-state index in [-0.39, 0.29) is 0 Å². The maximum Gasteiger partial charge on any atom is 0.130 e. The highest BCUT2D eigenvalue weighted by Crippen LogP contribution is 2.25. The first-order chi connectivity index (χ1) is 7.90. The molecular weight excluding hydrogens is 196 g/mol. The van der Waals surface area contributed by atoms with E-state index < -0.39 is 0 Å². The van der Waals surface area contributed by atoms with Crippen molar-refractivity contribution in [3.05, 3.63) is 48.6 Å². The lowest BCUT2D eigenvalue weighted by atomic mass is 10.0. The van der Waals surface area contributed by atoms with Gasteiger partial charge in [-0.05, 0) is 42.5 Å². The SMILES string of the molecule is [CH2]CCCCCc1ccc2c(c1)OC=CC2. The fraction of sp³-hybridized carbons (Fsp3) is 0.400. The van der Waals surface area contributed by atoms with Crippen LogP contribution < -0.4 is 4.74 Å². The van der Waals surface area contributed by atoms with Crippen molar-refractivity contribution in [3.8, 4) is 5.75 Å². The summed E-state index contributed by atoms with van der Waals surface area (Å²) < 4.78 is 5.50. The molecule has 1 heteroatoms. The first-order valence-corrected chi connectivity index (χ1v) is 6.13. The number of benzene rings is 1. The smallest absolute Gasteiger partial charge is 0.130 e. The normalized spacial score (nSPS) is 13.3. The van der Waals surface area contributed by atoms with E-state index in [0.29, 0.717) is 0 Å². The van der Waals surface area contributed by atoms with E-state index in [1.807, 2.05) is 0 Å². The fourth-order valence-corrected chi connectivity index (χ4v) is 2.01. The van der Waals surface area contributed by atoms with Crippen LogP contribution >= 0.6 is 0 Å². The van der Waals surface area contributed by atoms with Crippen LogP contribution in [0.2, 0.25) is 0 Å². The highest BCUT2D eigenvalue weighted by atomic mass is 16.5. The second kappa shape index (κ2) is 5.74. The molecule has 0 saturated heterocycles. The van der Waals surface area contributed by atoms with Crippen molar-refractivity contribution in [3.63, 3.8) is 0 Å². The van der Waals surface area contributed by atoms with Gasteiger partial charge in [-0.15, -0.1) is 0 Å². The Morgan fingerprint density at radius 3 is 3.00 bits per heavy atom. The quantitative estimate of drug-likeness (QED) is 0.673. The molecule has 1 aliphatic rings. The van der Waals surface area contributed by atoms with Crippen molar-refractivity contribution in [2.24, 2.45) is 0 Å². The lowest BCUT2D eigenvalue weighted by molar-refractivity contribution is 0.464. The predicted octanol–water partition coefficient (Wildman–Crippen LogP) is 4.07. The fourth-order valence-electron chi connectivity index (χ4n) is 2.01. The first-order valence-electron chi connectivity index (χ1n) is 6.13. The van der Waals surface area contributed by atoms with E-state index in [1.54, 1.807) is 6.26 Å². The number of fused-ring (bicyclic) bond motifs is 1. The Labute approximate surface area is 98.1 Å². The monoisotopic (exact) mass is 215 g/mol. The Kier molecular flexibility index (Phi) is 4.03. The third-order valence-corrected chi connectivity index (χ3v) is 2.98. The number of hydrogen-bond acceptors (Lipinski definition) is 1. The molecule has 0 saturated carbocycles. The van der Waals surface area contributed by atoms with E-state index in [4.69, 9.17) is 4.74 Å². The van der Waals surface area contributed by atoms with Gasteiger partial charge in [0, 0.05) is 0 Å². The van der Waals surface area contributed by atoms with E-state index in [1.165, 1.54) is 30.4 Å². The largest absolute Gasteiger partial charge is 0.465 e. The van der Waals surface area contributed by atoms with Crippen LogP contribution in [0.4, 0.5) is 0 Å². The second-order valence-electron chi connectivity index (χ2n) is 4.30. The molecule has 1 nitrogen and oxygen atoms in total. The van der Waals surface area contributed by atoms with Gasteiger partial charge >= 0.3 is 0 Å². The summed E-state index contributed by atoms with van der Waals surface area (Å²) in [6.07, 6.45) is 10.8. The number of aryl methyl sites for hydroxylation is 1. The first kappa shape index (κ1) is 11.3. The maximum atomic E-state index is 5.50. The van der Waals surface area contributed by atoms with Crippen LogP contribution in [0.5, 0.6) is 5.75 Å². The Morgan fingerprint density at radius 1 is 1.19 bits per heavy atom. The van der Waals surface area contributed by atoms with Gasteiger partial charge < -0.3 is 4.74 Å². The van der Waals surface area contributed by atoms with Gasteiger partial charge in [-0.2, -0.15) is 0 Å². The summed E-state index contributed by atoms with van der Waals surface area (Å²) in [5.41, 5.74) is 2.68. The minimum absolute atomic E-state index is 0.997. The molecule has 1 heterocycles. The van der Waals surface area contributed by atoms with E-state index >= 15 is 0 Å². The predicted molar refractivity (Wildman–Crippen MR) is 67.4 cm³/mol. The van der Waals surface area contributed by atoms with E-state index in [2.05, 4.69) is 31.2 Å². The minimum Gasteiger partial charge on any atom is -0.465 e. The van der Waals surface area contributed by atoms with Crippen molar-refractivity contribution in [2.75, 3.05) is 0 Å². The van der Waals surface area contributed by atoms with E-state index in [0.717, 1.165) is 25.0 Å². The molecule has 0 aromatic heterocycles. The molecule has 1 radical (unpaired) electrons. The van der Waals surface area contributed by atoms with Crippen LogP contribution in [0.25, 0.3) is 0 Å². The van der Waals surface area contributed by atoms with Crippen LogP contribution in [0.15, 0.2) is 30.5 Å². The minimum atomic E-state index is 0.997. The molecule has 1 aromatic rings. The van der Waals surface area contributed by atoms with Crippen molar-refractivity contribution < 1.29 is 4.74 Å². The van der Waals surface area contributed by atoms with Gasteiger partial charge in [0.05, 0.1) is 6.26 Å². The molecule has 1 aromatic carbocycles. The Balaban J connectivity index is 1.91. The number of unbranched alkanes of at least 4 members (excludes halogenated alkanes) is 3. The van der Waals surface area contributed by atoms with Crippen LogP contribution in [-0.2, 0) is 12.8 Å². The zero-order chi connectivity index (χ0) is 11.2. The number of ether oxygens (including phenoxy) is 1. The highest BCUT2D eigenvalue weighted by molar-refractivity contribution is 5.40. The maximum absolute atomic E-state index is 5.50. The Bertz CT molecular complexity index is 366. The second-order valence-corrected chi connectivity index (χ2v) is 4.30. The molecule has 0 spiro atoms. The topological polar surface area (TPSA) is 9.23 Å². The van der Waals surface area contributed by atoms with Gasteiger partial charge in [-0.3, -0.25) is 0 Å². The molecule has 85 valence electrons. The van der Waals surface area contributed by atoms with Crippen LogP contribution in [0.1, 0.15) is 36.8 Å². The molecule has 0 amide bonds.